The predicted octanol–water partition coefficient (Wildman–Crippen LogP) is -1.01. The molecular formula is C13H13N2O8-. The molecule has 0 heterocycles. The molecule has 0 amide bonds. The summed E-state index contributed by atoms with van der Waals surface area (Å²) in [7, 11) is 1.27. The maximum absolute atomic E-state index is 11.7. The Balaban J connectivity index is 3.01. The first-order valence-electron chi connectivity index (χ1n) is 6.31. The van der Waals surface area contributed by atoms with Crippen molar-refractivity contribution in [2.75, 3.05) is 7.05 Å². The van der Waals surface area contributed by atoms with Crippen molar-refractivity contribution in [2.45, 2.75) is 18.6 Å². The van der Waals surface area contributed by atoms with Crippen LogP contribution in [0.4, 0.5) is 5.69 Å². The van der Waals surface area contributed by atoms with E-state index in [1.165, 1.54) is 19.2 Å². The Morgan fingerprint density at radius 1 is 1.35 bits per heavy atom. The zero-order chi connectivity index (χ0) is 17.6. The first-order valence-corrected chi connectivity index (χ1v) is 6.31. The van der Waals surface area contributed by atoms with E-state index in [9.17, 15) is 29.6 Å². The van der Waals surface area contributed by atoms with Crippen LogP contribution in [0.1, 0.15) is 18.1 Å². The topological polar surface area (TPSA) is 159 Å². The smallest absolute Gasteiger partial charge is 0.350 e. The highest BCUT2D eigenvalue weighted by atomic mass is 16.6. The van der Waals surface area contributed by atoms with Crippen LogP contribution in [0.25, 0.3) is 0 Å². The normalized spacial score (nSPS) is 12.9. The van der Waals surface area contributed by atoms with Gasteiger partial charge in [-0.15, -0.1) is 0 Å². The van der Waals surface area contributed by atoms with Gasteiger partial charge in [0.2, 0.25) is 6.10 Å². The molecule has 1 rings (SSSR count). The van der Waals surface area contributed by atoms with Crippen molar-refractivity contribution in [3.63, 3.8) is 0 Å². The Bertz CT molecular complexity index is 630. The number of aliphatic carboxylic acids is 2. The lowest BCUT2D eigenvalue weighted by molar-refractivity contribution is -0.386. The fraction of sp³-hybridized carbons (Fsp3) is 0.308. The summed E-state index contributed by atoms with van der Waals surface area (Å²) in [5.41, 5.74) is -0.856. The van der Waals surface area contributed by atoms with Crippen molar-refractivity contribution in [3.05, 3.63) is 39.9 Å². The molecule has 0 aliphatic heterocycles. The number of carbonyl (C=O) groups is 3. The first kappa shape index (κ1) is 18.0. The molecular weight excluding hydrogens is 312 g/mol. The monoisotopic (exact) mass is 325 g/mol. The van der Waals surface area contributed by atoms with Gasteiger partial charge >= 0.3 is 11.9 Å². The number of carboxylic acids is 2. The van der Waals surface area contributed by atoms with E-state index in [1.807, 2.05) is 0 Å². The molecule has 10 nitrogen and oxygen atoms in total. The number of hydrogen-bond acceptors (Lipinski definition) is 8. The number of nitrogens with zero attached hydrogens (tertiary/aromatic N) is 1. The molecule has 0 aliphatic rings. The molecule has 124 valence electrons. The van der Waals surface area contributed by atoms with Crippen LogP contribution in [0.3, 0.4) is 0 Å². The lowest BCUT2D eigenvalue weighted by Crippen LogP contribution is -2.45. The Labute approximate surface area is 129 Å². The lowest BCUT2D eigenvalue weighted by atomic mass is 10.1. The second-order valence-electron chi connectivity index (χ2n) is 4.39. The van der Waals surface area contributed by atoms with Crippen molar-refractivity contribution >= 4 is 23.6 Å². The molecule has 0 fully saturated rings. The van der Waals surface area contributed by atoms with Crippen LogP contribution >= 0.6 is 0 Å². The summed E-state index contributed by atoms with van der Waals surface area (Å²) >= 11 is 0. The predicted molar refractivity (Wildman–Crippen MR) is 72.0 cm³/mol. The van der Waals surface area contributed by atoms with E-state index in [0.29, 0.717) is 0 Å². The molecule has 0 aliphatic carbocycles. The average molecular weight is 325 g/mol. The minimum absolute atomic E-state index is 0.326. The van der Waals surface area contributed by atoms with E-state index in [1.54, 1.807) is 0 Å². The number of nitro groups is 1. The minimum atomic E-state index is -1.93. The molecule has 0 radical (unpaired) electrons. The standard InChI is InChI=1S/C13H14N2O8/c1-14-8(12(17)18)6-10(16)23-11(13(19)20)7-4-2-3-5-9(7)15(21)22/h2-5,8,11,14H,6H2,1H3,(H,17,18)(H,19,20)/p-1/t8-,11?/m0/s1. The highest BCUT2D eigenvalue weighted by molar-refractivity contribution is 5.83. The van der Waals surface area contributed by atoms with Crippen LogP contribution < -0.4 is 10.4 Å². The fourth-order valence-corrected chi connectivity index (χ4v) is 1.77. The van der Waals surface area contributed by atoms with Crippen LogP contribution in [0.15, 0.2) is 24.3 Å². The van der Waals surface area contributed by atoms with Gasteiger partial charge in [0.05, 0.1) is 28.9 Å². The van der Waals surface area contributed by atoms with Crippen LogP contribution in [-0.2, 0) is 19.1 Å². The largest absolute Gasteiger partial charge is 0.548 e. The van der Waals surface area contributed by atoms with Crippen molar-refractivity contribution < 1.29 is 34.3 Å². The van der Waals surface area contributed by atoms with Gasteiger partial charge in [0.15, 0.2) is 0 Å². The summed E-state index contributed by atoms with van der Waals surface area (Å²) in [6.07, 6.45) is -2.62. The van der Waals surface area contributed by atoms with Gasteiger partial charge in [0.1, 0.15) is 0 Å². The third-order valence-electron chi connectivity index (χ3n) is 2.89. The quantitative estimate of drug-likeness (QED) is 0.347. The Kier molecular flexibility index (Phi) is 6.15. The van der Waals surface area contributed by atoms with Gasteiger partial charge in [-0.25, -0.2) is 4.79 Å². The zero-order valence-electron chi connectivity index (χ0n) is 11.9. The molecule has 1 unspecified atom stereocenters. The molecule has 0 spiro atoms. The third-order valence-corrected chi connectivity index (χ3v) is 2.89. The van der Waals surface area contributed by atoms with E-state index >= 15 is 0 Å². The number of hydrogen-bond donors (Lipinski definition) is 2. The Hall–Kier alpha value is -3.01. The molecule has 23 heavy (non-hydrogen) atoms. The van der Waals surface area contributed by atoms with E-state index in [2.05, 4.69) is 5.32 Å². The summed E-state index contributed by atoms with van der Waals surface area (Å²) < 4.78 is 4.70. The Morgan fingerprint density at radius 2 is 1.96 bits per heavy atom. The molecule has 0 aromatic heterocycles. The summed E-state index contributed by atoms with van der Waals surface area (Å²) in [5, 5.41) is 33.1. The van der Waals surface area contributed by atoms with E-state index in [-0.39, 0.29) is 5.56 Å². The van der Waals surface area contributed by atoms with Crippen molar-refractivity contribution in [2.24, 2.45) is 0 Å². The molecule has 1 aromatic carbocycles. The van der Waals surface area contributed by atoms with E-state index in [0.717, 1.165) is 12.1 Å². The van der Waals surface area contributed by atoms with Gasteiger partial charge < -0.3 is 25.1 Å². The second kappa shape index (κ2) is 7.84. The van der Waals surface area contributed by atoms with Crippen molar-refractivity contribution in [1.29, 1.82) is 0 Å². The van der Waals surface area contributed by atoms with Crippen LogP contribution in [0.5, 0.6) is 0 Å². The Morgan fingerprint density at radius 3 is 2.43 bits per heavy atom. The van der Waals surface area contributed by atoms with Crippen LogP contribution in [0, 0.1) is 10.1 Å². The summed E-state index contributed by atoms with van der Waals surface area (Å²) in [4.78, 5) is 43.8. The number of nitro benzene ring substituents is 1. The van der Waals surface area contributed by atoms with Crippen molar-refractivity contribution in [1.82, 2.24) is 5.32 Å². The highest BCUT2D eigenvalue weighted by Gasteiger charge is 2.31. The fourth-order valence-electron chi connectivity index (χ4n) is 1.77. The maximum atomic E-state index is 11.7. The SMILES string of the molecule is CN[C@@H](CC(=O)OC(C(=O)O)c1ccccc1[N+](=O)[O-])C(=O)[O-]. The molecule has 2 atom stereocenters. The van der Waals surface area contributed by atoms with Gasteiger partial charge in [-0.2, -0.15) is 0 Å². The second-order valence-corrected chi connectivity index (χ2v) is 4.39. The lowest BCUT2D eigenvalue weighted by Gasteiger charge is -2.18. The highest BCUT2D eigenvalue weighted by Crippen LogP contribution is 2.28. The number of carbonyl (C=O) groups excluding carboxylic acids is 2. The number of rotatable bonds is 8. The minimum Gasteiger partial charge on any atom is -0.548 e. The number of para-hydroxylation sites is 1. The first-order chi connectivity index (χ1) is 10.8. The van der Waals surface area contributed by atoms with Crippen LogP contribution in [-0.4, -0.2) is 41.0 Å². The summed E-state index contributed by atoms with van der Waals surface area (Å²) in [6, 6.07) is 3.51. The molecule has 10 heteroatoms. The van der Waals surface area contributed by atoms with E-state index in [4.69, 9.17) is 9.84 Å². The average Bonchev–Trinajstić information content (AvgIpc) is 2.49. The molecule has 2 N–H and O–H groups in total. The number of carboxylic acid groups (broad SMARTS) is 2. The summed E-state index contributed by atoms with van der Waals surface area (Å²) in [5.74, 6) is -4.34. The number of benzene rings is 1. The van der Waals surface area contributed by atoms with Gasteiger partial charge in [-0.05, 0) is 13.1 Å². The van der Waals surface area contributed by atoms with Crippen molar-refractivity contribution in [3.8, 4) is 0 Å². The van der Waals surface area contributed by atoms with Gasteiger partial charge in [-0.1, -0.05) is 12.1 Å². The van der Waals surface area contributed by atoms with Gasteiger partial charge in [-0.3, -0.25) is 14.9 Å². The van der Waals surface area contributed by atoms with E-state index < -0.39 is 47.1 Å². The number of esters is 1. The number of ether oxygens (including phenoxy) is 1. The molecule has 0 saturated carbocycles. The van der Waals surface area contributed by atoms with Gasteiger partial charge in [0.25, 0.3) is 5.69 Å². The van der Waals surface area contributed by atoms with Gasteiger partial charge in [0, 0.05) is 6.07 Å². The van der Waals surface area contributed by atoms with Crippen LogP contribution in [0.2, 0.25) is 0 Å². The maximum Gasteiger partial charge on any atom is 0.350 e. The number of likely N-dealkylation sites (N-methyl/N-ethyl adjacent to an activating group) is 1. The molecule has 0 bridgehead atoms. The summed E-state index contributed by atoms with van der Waals surface area (Å²) in [6.45, 7) is 0. The zero-order valence-corrected chi connectivity index (χ0v) is 11.9. The molecule has 0 saturated heterocycles. The number of nitrogens with one attached hydrogen (secondary N) is 1. The molecule has 1 aromatic rings. The third kappa shape index (κ3) is 4.74.